The summed E-state index contributed by atoms with van der Waals surface area (Å²) in [7, 11) is 0. The Morgan fingerprint density at radius 3 is 2.62 bits per heavy atom. The van der Waals surface area contributed by atoms with E-state index in [4.69, 9.17) is 14.2 Å². The number of amides is 1. The number of rotatable bonds is 3. The zero-order valence-electron chi connectivity index (χ0n) is 17.2. The molecule has 0 unspecified atom stereocenters. The van der Waals surface area contributed by atoms with E-state index in [0.717, 1.165) is 36.3 Å². The number of nitrogens with one attached hydrogen (secondary N) is 1. The number of hydrogen-bond donors (Lipinski definition) is 1. The van der Waals surface area contributed by atoms with Gasteiger partial charge in [-0.15, -0.1) is 4.68 Å². The summed E-state index contributed by atoms with van der Waals surface area (Å²) in [6.07, 6.45) is 1.82. The minimum atomic E-state index is -0.718. The first-order chi connectivity index (χ1) is 13.7. The van der Waals surface area contributed by atoms with Crippen LogP contribution in [0.4, 0.5) is 15.4 Å². The second kappa shape index (κ2) is 8.24. The summed E-state index contributed by atoms with van der Waals surface area (Å²) >= 11 is 0. The molecular formula is C21H27N3O5. The van der Waals surface area contributed by atoms with Gasteiger partial charge in [-0.2, -0.15) is 5.10 Å². The lowest BCUT2D eigenvalue weighted by Gasteiger charge is -2.34. The molecule has 0 bridgehead atoms. The van der Waals surface area contributed by atoms with Crippen molar-refractivity contribution in [1.29, 1.82) is 0 Å². The van der Waals surface area contributed by atoms with Crippen LogP contribution in [0.3, 0.4) is 0 Å². The van der Waals surface area contributed by atoms with Crippen molar-refractivity contribution in [3.8, 4) is 5.75 Å². The first-order valence-corrected chi connectivity index (χ1v) is 9.61. The normalized spacial score (nSPS) is 16.1. The average molecular weight is 401 g/mol. The molecule has 2 heterocycles. The summed E-state index contributed by atoms with van der Waals surface area (Å²) < 4.78 is 17.1. The first-order valence-electron chi connectivity index (χ1n) is 9.61. The summed E-state index contributed by atoms with van der Waals surface area (Å²) in [6.45, 7) is 8.88. The molecule has 156 valence electrons. The Balaban J connectivity index is 1.67. The maximum atomic E-state index is 12.4. The number of nitrogens with zero attached hydrogens (tertiary/aromatic N) is 2. The average Bonchev–Trinajstić information content (AvgIpc) is 3.09. The predicted molar refractivity (Wildman–Crippen MR) is 107 cm³/mol. The molecule has 1 aromatic heterocycles. The van der Waals surface area contributed by atoms with E-state index in [9.17, 15) is 9.59 Å². The van der Waals surface area contributed by atoms with Gasteiger partial charge in [0.25, 0.3) is 0 Å². The van der Waals surface area contributed by atoms with Crippen molar-refractivity contribution < 1.29 is 23.8 Å². The SMILES string of the molecule is CC(C)(C)OC(=O)n1nccc1NC(=O)Oc1cccc(C2(C)CCOCC2)c1. The Kier molecular flexibility index (Phi) is 5.93. The molecular weight excluding hydrogens is 374 g/mol. The van der Waals surface area contributed by atoms with Crippen LogP contribution in [0.5, 0.6) is 5.75 Å². The lowest BCUT2D eigenvalue weighted by Crippen LogP contribution is -2.30. The smallest absolute Gasteiger partial charge is 0.437 e. The molecule has 1 saturated heterocycles. The zero-order valence-corrected chi connectivity index (χ0v) is 17.2. The summed E-state index contributed by atoms with van der Waals surface area (Å²) in [5, 5.41) is 6.44. The van der Waals surface area contributed by atoms with Crippen molar-refractivity contribution in [1.82, 2.24) is 9.78 Å². The number of benzene rings is 1. The van der Waals surface area contributed by atoms with Crippen LogP contribution in [-0.4, -0.2) is 40.8 Å². The molecule has 0 aliphatic carbocycles. The van der Waals surface area contributed by atoms with Crippen molar-refractivity contribution >= 4 is 18.0 Å². The largest absolute Gasteiger partial charge is 0.442 e. The number of carbonyl (C=O) groups excluding carboxylic acids is 2. The van der Waals surface area contributed by atoms with E-state index in [1.807, 2.05) is 18.2 Å². The molecule has 8 heteroatoms. The van der Waals surface area contributed by atoms with Gasteiger partial charge in [0, 0.05) is 19.3 Å². The van der Waals surface area contributed by atoms with Gasteiger partial charge in [-0.1, -0.05) is 19.1 Å². The molecule has 0 spiro atoms. The molecule has 1 aromatic carbocycles. The van der Waals surface area contributed by atoms with Crippen LogP contribution in [-0.2, 0) is 14.9 Å². The van der Waals surface area contributed by atoms with Gasteiger partial charge in [0.15, 0.2) is 0 Å². The van der Waals surface area contributed by atoms with Gasteiger partial charge in [0.1, 0.15) is 17.2 Å². The van der Waals surface area contributed by atoms with Crippen LogP contribution in [0, 0.1) is 0 Å². The minimum Gasteiger partial charge on any atom is -0.442 e. The molecule has 29 heavy (non-hydrogen) atoms. The topological polar surface area (TPSA) is 91.7 Å². The summed E-state index contributed by atoms with van der Waals surface area (Å²) in [5.74, 6) is 0.591. The summed E-state index contributed by atoms with van der Waals surface area (Å²) in [4.78, 5) is 24.6. The maximum absolute atomic E-state index is 12.4. The van der Waals surface area contributed by atoms with E-state index in [-0.39, 0.29) is 11.2 Å². The number of hydrogen-bond acceptors (Lipinski definition) is 6. The van der Waals surface area contributed by atoms with Crippen LogP contribution in [0.2, 0.25) is 0 Å². The molecule has 1 amide bonds. The molecule has 2 aromatic rings. The van der Waals surface area contributed by atoms with Gasteiger partial charge in [0.2, 0.25) is 0 Å². The third kappa shape index (κ3) is 5.35. The molecule has 0 saturated carbocycles. The van der Waals surface area contributed by atoms with E-state index in [0.29, 0.717) is 5.75 Å². The molecule has 0 atom stereocenters. The van der Waals surface area contributed by atoms with Gasteiger partial charge < -0.3 is 14.2 Å². The monoisotopic (exact) mass is 401 g/mol. The highest BCUT2D eigenvalue weighted by Gasteiger charge is 2.29. The van der Waals surface area contributed by atoms with Crippen LogP contribution < -0.4 is 10.1 Å². The number of carbonyl (C=O) groups is 2. The summed E-state index contributed by atoms with van der Waals surface area (Å²) in [5.41, 5.74) is 0.412. The molecule has 1 N–H and O–H groups in total. The van der Waals surface area contributed by atoms with Gasteiger partial charge in [-0.25, -0.2) is 9.59 Å². The Labute approximate surface area is 170 Å². The number of ether oxygens (including phenoxy) is 3. The van der Waals surface area contributed by atoms with Crippen LogP contribution >= 0.6 is 0 Å². The second-order valence-electron chi connectivity index (χ2n) is 8.32. The lowest BCUT2D eigenvalue weighted by molar-refractivity contribution is 0.0518. The van der Waals surface area contributed by atoms with E-state index in [1.165, 1.54) is 12.3 Å². The third-order valence-electron chi connectivity index (χ3n) is 4.78. The number of anilines is 1. The lowest BCUT2D eigenvalue weighted by atomic mass is 9.76. The van der Waals surface area contributed by atoms with Crippen molar-refractivity contribution in [3.05, 3.63) is 42.1 Å². The van der Waals surface area contributed by atoms with Gasteiger partial charge in [-0.05, 0) is 56.7 Å². The van der Waals surface area contributed by atoms with E-state index >= 15 is 0 Å². The molecule has 3 rings (SSSR count). The highest BCUT2D eigenvalue weighted by molar-refractivity contribution is 5.87. The Morgan fingerprint density at radius 2 is 1.93 bits per heavy atom. The molecule has 1 fully saturated rings. The third-order valence-corrected chi connectivity index (χ3v) is 4.78. The fourth-order valence-electron chi connectivity index (χ4n) is 3.13. The predicted octanol–water partition coefficient (Wildman–Crippen LogP) is 4.35. The van der Waals surface area contributed by atoms with Crippen molar-refractivity contribution in [2.75, 3.05) is 18.5 Å². The van der Waals surface area contributed by atoms with Gasteiger partial charge in [0.05, 0.1) is 6.20 Å². The maximum Gasteiger partial charge on any atom is 0.437 e. The van der Waals surface area contributed by atoms with Crippen molar-refractivity contribution in [2.45, 2.75) is 51.6 Å². The molecule has 8 nitrogen and oxygen atoms in total. The van der Waals surface area contributed by atoms with Crippen LogP contribution in [0.1, 0.15) is 46.1 Å². The first kappa shape index (κ1) is 20.9. The second-order valence-corrected chi connectivity index (χ2v) is 8.32. The summed E-state index contributed by atoms with van der Waals surface area (Å²) in [6, 6.07) is 8.98. The van der Waals surface area contributed by atoms with Crippen LogP contribution in [0.25, 0.3) is 0 Å². The Hall–Kier alpha value is -2.87. The standard InChI is InChI=1S/C21H27N3O5/c1-20(2,3)29-19(26)24-17(8-11-22-24)23-18(25)28-16-7-5-6-15(14-16)21(4)9-12-27-13-10-21/h5-8,11,14H,9-10,12-13H2,1-4H3,(H,23,25). The highest BCUT2D eigenvalue weighted by atomic mass is 16.6. The fraction of sp³-hybridized carbons (Fsp3) is 0.476. The van der Waals surface area contributed by atoms with E-state index < -0.39 is 17.8 Å². The quantitative estimate of drug-likeness (QED) is 0.822. The highest BCUT2D eigenvalue weighted by Crippen LogP contribution is 2.35. The molecule has 0 radical (unpaired) electrons. The minimum absolute atomic E-state index is 0.0105. The van der Waals surface area contributed by atoms with E-state index in [2.05, 4.69) is 17.3 Å². The van der Waals surface area contributed by atoms with Gasteiger partial charge in [-0.3, -0.25) is 5.32 Å². The van der Waals surface area contributed by atoms with Gasteiger partial charge >= 0.3 is 12.2 Å². The number of aromatic nitrogens is 2. The zero-order chi connectivity index (χ0) is 21.1. The van der Waals surface area contributed by atoms with Crippen LogP contribution in [0.15, 0.2) is 36.5 Å². The van der Waals surface area contributed by atoms with Crippen molar-refractivity contribution in [3.63, 3.8) is 0 Å². The van der Waals surface area contributed by atoms with E-state index in [1.54, 1.807) is 26.8 Å². The fourth-order valence-corrected chi connectivity index (χ4v) is 3.13. The Bertz CT molecular complexity index is 878. The van der Waals surface area contributed by atoms with Crippen molar-refractivity contribution in [2.24, 2.45) is 0 Å². The molecule has 1 aliphatic rings. The Morgan fingerprint density at radius 1 is 1.21 bits per heavy atom. The molecule has 1 aliphatic heterocycles.